The predicted molar refractivity (Wildman–Crippen MR) is 78.7 cm³/mol. The van der Waals surface area contributed by atoms with Crippen molar-refractivity contribution < 1.29 is 31.1 Å². The molecule has 1 fully saturated rings. The number of carbonyl (C=O) groups excluding carboxylic acids is 1. The summed E-state index contributed by atoms with van der Waals surface area (Å²) in [4.78, 5) is 26.2. The van der Waals surface area contributed by atoms with E-state index in [1.807, 2.05) is 5.32 Å². The van der Waals surface area contributed by atoms with Crippen LogP contribution in [0.25, 0.3) is 0 Å². The van der Waals surface area contributed by atoms with Crippen molar-refractivity contribution in [1.82, 2.24) is 20.5 Å². The molecule has 26 heavy (non-hydrogen) atoms. The molecule has 1 unspecified atom stereocenters. The highest BCUT2D eigenvalue weighted by atomic mass is 19.4. The first-order valence-electron chi connectivity index (χ1n) is 7.60. The number of aromatic nitrogens is 1. The Morgan fingerprint density at radius 1 is 1.15 bits per heavy atom. The maximum Gasteiger partial charge on any atom is 0.431 e. The Labute approximate surface area is 143 Å². The summed E-state index contributed by atoms with van der Waals surface area (Å²) in [7, 11) is 0. The van der Waals surface area contributed by atoms with Crippen molar-refractivity contribution in [1.29, 1.82) is 0 Å². The minimum Gasteiger partial charge on any atom is -0.350 e. The van der Waals surface area contributed by atoms with Gasteiger partial charge in [0, 0.05) is 32.7 Å². The van der Waals surface area contributed by atoms with Gasteiger partial charge in [0.2, 0.25) is 0 Å². The van der Waals surface area contributed by atoms with Gasteiger partial charge in [-0.25, -0.2) is 0 Å². The number of halogens is 6. The molecule has 6 nitrogen and oxygen atoms in total. The molecule has 1 aliphatic heterocycles. The fourth-order valence-electron chi connectivity index (χ4n) is 2.55. The highest BCUT2D eigenvalue weighted by Crippen LogP contribution is 2.27. The Morgan fingerprint density at radius 2 is 1.77 bits per heavy atom. The quantitative estimate of drug-likeness (QED) is 0.674. The normalized spacial score (nSPS) is 17.8. The molecule has 0 radical (unpaired) electrons. The number of amides is 1. The Kier molecular flexibility index (Phi) is 5.96. The zero-order valence-electron chi connectivity index (χ0n) is 13.3. The first-order valence-corrected chi connectivity index (χ1v) is 7.60. The topological polar surface area (TPSA) is 77.2 Å². The zero-order chi connectivity index (χ0) is 19.5. The molecule has 1 aliphatic rings. The average Bonchev–Trinajstić information content (AvgIpc) is 2.53. The number of pyridine rings is 1. The fraction of sp³-hybridized carbons (Fsp3) is 0.571. The second kappa shape index (κ2) is 7.66. The molecule has 0 bridgehead atoms. The third kappa shape index (κ3) is 4.97. The van der Waals surface area contributed by atoms with E-state index < -0.39 is 47.7 Å². The molecule has 12 heteroatoms. The standard InChI is InChI=1S/C14H16F6N4O2/c15-13(16,17)9-2-1-8(12(26)23-9)11(25)22-7-10(14(18,19)20)24-5-3-21-4-6-24/h1-2,10,21H,3-7H2,(H,22,25)(H,23,26). The van der Waals surface area contributed by atoms with Gasteiger partial charge < -0.3 is 15.6 Å². The number of H-pyrrole nitrogens is 1. The smallest absolute Gasteiger partial charge is 0.350 e. The molecule has 1 aromatic rings. The van der Waals surface area contributed by atoms with Gasteiger partial charge in [-0.05, 0) is 12.1 Å². The molecule has 2 heterocycles. The van der Waals surface area contributed by atoms with E-state index >= 15 is 0 Å². The molecule has 0 aliphatic carbocycles. The Hall–Kier alpha value is -2.08. The zero-order valence-corrected chi connectivity index (χ0v) is 13.3. The van der Waals surface area contributed by atoms with Crippen molar-refractivity contribution in [3.8, 4) is 0 Å². The molecule has 1 aromatic heterocycles. The van der Waals surface area contributed by atoms with E-state index in [2.05, 4.69) is 5.32 Å². The minimum absolute atomic E-state index is 0.126. The highest BCUT2D eigenvalue weighted by Gasteiger charge is 2.44. The van der Waals surface area contributed by atoms with Gasteiger partial charge in [-0.2, -0.15) is 26.3 Å². The molecule has 0 aromatic carbocycles. The van der Waals surface area contributed by atoms with Crippen molar-refractivity contribution in [2.75, 3.05) is 32.7 Å². The van der Waals surface area contributed by atoms with Crippen LogP contribution in [0.15, 0.2) is 16.9 Å². The summed E-state index contributed by atoms with van der Waals surface area (Å²) in [6.45, 7) is 0.156. The van der Waals surface area contributed by atoms with Crippen LogP contribution in [0.5, 0.6) is 0 Å². The first-order chi connectivity index (χ1) is 12.0. The lowest BCUT2D eigenvalue weighted by atomic mass is 10.2. The van der Waals surface area contributed by atoms with Crippen LogP contribution in [-0.4, -0.2) is 60.7 Å². The summed E-state index contributed by atoms with van der Waals surface area (Å²) in [6, 6.07) is -0.847. The van der Waals surface area contributed by atoms with Gasteiger partial charge >= 0.3 is 12.4 Å². The van der Waals surface area contributed by atoms with Crippen LogP contribution < -0.4 is 16.2 Å². The number of carbonyl (C=O) groups is 1. The molecule has 1 atom stereocenters. The fourth-order valence-corrected chi connectivity index (χ4v) is 2.55. The molecular weight excluding hydrogens is 370 g/mol. The average molecular weight is 386 g/mol. The summed E-state index contributed by atoms with van der Waals surface area (Å²) >= 11 is 0. The minimum atomic E-state index is -4.81. The summed E-state index contributed by atoms with van der Waals surface area (Å²) in [5.41, 5.74) is -3.38. The van der Waals surface area contributed by atoms with Crippen LogP contribution in [0.1, 0.15) is 16.1 Å². The number of alkyl halides is 6. The lowest BCUT2D eigenvalue weighted by Gasteiger charge is -2.35. The summed E-state index contributed by atoms with van der Waals surface area (Å²) in [5.74, 6) is -1.18. The van der Waals surface area contributed by atoms with Crippen LogP contribution in [-0.2, 0) is 6.18 Å². The van der Waals surface area contributed by atoms with Crippen molar-refractivity contribution >= 4 is 5.91 Å². The lowest BCUT2D eigenvalue weighted by molar-refractivity contribution is -0.183. The molecule has 1 amide bonds. The number of nitrogens with one attached hydrogen (secondary N) is 3. The highest BCUT2D eigenvalue weighted by molar-refractivity contribution is 5.93. The van der Waals surface area contributed by atoms with E-state index in [9.17, 15) is 35.9 Å². The largest absolute Gasteiger partial charge is 0.431 e. The molecular formula is C14H16F6N4O2. The number of aromatic amines is 1. The van der Waals surface area contributed by atoms with Crippen LogP contribution in [0.4, 0.5) is 26.3 Å². The number of nitrogens with zero attached hydrogens (tertiary/aromatic N) is 1. The van der Waals surface area contributed by atoms with Crippen molar-refractivity contribution in [2.24, 2.45) is 0 Å². The van der Waals surface area contributed by atoms with Crippen molar-refractivity contribution in [3.05, 3.63) is 33.7 Å². The molecule has 0 spiro atoms. The summed E-state index contributed by atoms with van der Waals surface area (Å²) < 4.78 is 77.1. The molecule has 146 valence electrons. The molecule has 0 saturated carbocycles. The first kappa shape index (κ1) is 20.2. The molecule has 3 N–H and O–H groups in total. The van der Waals surface area contributed by atoms with Crippen LogP contribution >= 0.6 is 0 Å². The number of hydrogen-bond donors (Lipinski definition) is 3. The second-order valence-corrected chi connectivity index (χ2v) is 5.67. The molecule has 2 rings (SSSR count). The van der Waals surface area contributed by atoms with Gasteiger partial charge in [0.1, 0.15) is 17.3 Å². The number of piperazine rings is 1. The van der Waals surface area contributed by atoms with E-state index in [4.69, 9.17) is 0 Å². The van der Waals surface area contributed by atoms with E-state index in [1.165, 1.54) is 4.98 Å². The Balaban J connectivity index is 2.09. The second-order valence-electron chi connectivity index (χ2n) is 5.67. The van der Waals surface area contributed by atoms with E-state index in [-0.39, 0.29) is 13.1 Å². The molecule has 1 saturated heterocycles. The lowest BCUT2D eigenvalue weighted by Crippen LogP contribution is -2.57. The SMILES string of the molecule is O=C(NCC(N1CCNCC1)C(F)(F)F)c1ccc(C(F)(F)F)[nH]c1=O. The third-order valence-electron chi connectivity index (χ3n) is 3.89. The number of rotatable bonds is 4. The maximum absolute atomic E-state index is 13.2. The third-order valence-corrected chi connectivity index (χ3v) is 3.89. The monoisotopic (exact) mass is 386 g/mol. The van der Waals surface area contributed by atoms with E-state index in [0.717, 1.165) is 4.90 Å². The van der Waals surface area contributed by atoms with Crippen LogP contribution in [0.2, 0.25) is 0 Å². The van der Waals surface area contributed by atoms with Crippen LogP contribution in [0, 0.1) is 0 Å². The van der Waals surface area contributed by atoms with Gasteiger partial charge in [-0.1, -0.05) is 0 Å². The predicted octanol–water partition coefficient (Wildman–Crippen LogP) is 0.960. The number of hydrogen-bond acceptors (Lipinski definition) is 4. The Bertz CT molecular complexity index is 694. The van der Waals surface area contributed by atoms with Gasteiger partial charge in [-0.15, -0.1) is 0 Å². The van der Waals surface area contributed by atoms with Crippen molar-refractivity contribution in [3.63, 3.8) is 0 Å². The van der Waals surface area contributed by atoms with Crippen LogP contribution in [0.3, 0.4) is 0 Å². The van der Waals surface area contributed by atoms with E-state index in [1.54, 1.807) is 0 Å². The van der Waals surface area contributed by atoms with Gasteiger partial charge in [0.05, 0.1) is 0 Å². The van der Waals surface area contributed by atoms with Gasteiger partial charge in [0.25, 0.3) is 11.5 Å². The van der Waals surface area contributed by atoms with Crippen molar-refractivity contribution in [2.45, 2.75) is 18.4 Å². The van der Waals surface area contributed by atoms with Gasteiger partial charge in [0.15, 0.2) is 0 Å². The van der Waals surface area contributed by atoms with Gasteiger partial charge in [-0.3, -0.25) is 14.5 Å². The van der Waals surface area contributed by atoms with E-state index in [0.29, 0.717) is 25.2 Å². The Morgan fingerprint density at radius 3 is 2.27 bits per heavy atom. The summed E-state index contributed by atoms with van der Waals surface area (Å²) in [6.07, 6.45) is -9.42. The summed E-state index contributed by atoms with van der Waals surface area (Å²) in [5, 5.41) is 4.88. The maximum atomic E-state index is 13.2.